The summed E-state index contributed by atoms with van der Waals surface area (Å²) < 4.78 is 2.55. The van der Waals surface area contributed by atoms with E-state index < -0.39 is 11.1 Å². The summed E-state index contributed by atoms with van der Waals surface area (Å²) in [4.78, 5) is 42.7. The highest BCUT2D eigenvalue weighted by Crippen LogP contribution is 2.10. The number of nitrogens with one attached hydrogen (secondary N) is 1. The summed E-state index contributed by atoms with van der Waals surface area (Å²) in [5.41, 5.74) is 2.42. The SMILES string of the molecule is CCc1ccc(CNC(=O)Cn2c(=O)c(=O)n(Cc3ccccc3)c3ncccc32)cc1. The fourth-order valence-corrected chi connectivity index (χ4v) is 3.61. The Bertz CT molecular complexity index is 1360. The molecule has 2 heterocycles. The molecule has 162 valence electrons. The van der Waals surface area contributed by atoms with Crippen LogP contribution in [0.1, 0.15) is 23.6 Å². The number of hydrogen-bond acceptors (Lipinski definition) is 4. The van der Waals surface area contributed by atoms with Gasteiger partial charge in [-0.1, -0.05) is 61.5 Å². The van der Waals surface area contributed by atoms with E-state index in [0.29, 0.717) is 17.7 Å². The average molecular weight is 428 g/mol. The average Bonchev–Trinajstić information content (AvgIpc) is 2.84. The summed E-state index contributed by atoms with van der Waals surface area (Å²) in [5, 5.41) is 2.82. The number of rotatable bonds is 7. The summed E-state index contributed by atoms with van der Waals surface area (Å²) in [6.45, 7) is 2.40. The third kappa shape index (κ3) is 4.51. The first-order chi connectivity index (χ1) is 15.6. The highest BCUT2D eigenvalue weighted by Gasteiger charge is 2.16. The molecule has 0 aliphatic carbocycles. The summed E-state index contributed by atoms with van der Waals surface area (Å²) >= 11 is 0. The standard InChI is InChI=1S/C25H24N4O3/c1-2-18-10-12-19(13-11-18)15-27-22(30)17-28-21-9-6-14-26-23(21)29(25(32)24(28)31)16-20-7-4-3-5-8-20/h3-14H,2,15-17H2,1H3,(H,27,30). The van der Waals surface area contributed by atoms with Gasteiger partial charge in [-0.15, -0.1) is 0 Å². The molecule has 0 aliphatic rings. The molecular weight excluding hydrogens is 404 g/mol. The Hall–Kier alpha value is -4.00. The van der Waals surface area contributed by atoms with Gasteiger partial charge in [0.1, 0.15) is 6.54 Å². The van der Waals surface area contributed by atoms with Gasteiger partial charge in [-0.2, -0.15) is 0 Å². The van der Waals surface area contributed by atoms with Gasteiger partial charge >= 0.3 is 11.1 Å². The van der Waals surface area contributed by atoms with Gasteiger partial charge in [-0.3, -0.25) is 23.5 Å². The zero-order chi connectivity index (χ0) is 22.5. The molecule has 7 nitrogen and oxygen atoms in total. The fraction of sp³-hybridized carbons (Fsp3) is 0.200. The quantitative estimate of drug-likeness (QED) is 0.458. The molecule has 2 aromatic carbocycles. The van der Waals surface area contributed by atoms with Crippen LogP contribution in [0, 0.1) is 0 Å². The van der Waals surface area contributed by atoms with Gasteiger partial charge in [0, 0.05) is 12.7 Å². The highest BCUT2D eigenvalue weighted by molar-refractivity contribution is 5.78. The van der Waals surface area contributed by atoms with Gasteiger partial charge in [0.05, 0.1) is 12.1 Å². The number of nitrogens with zero attached hydrogens (tertiary/aromatic N) is 3. The highest BCUT2D eigenvalue weighted by atomic mass is 16.2. The van der Waals surface area contributed by atoms with Crippen molar-refractivity contribution in [3.8, 4) is 0 Å². The molecule has 0 radical (unpaired) electrons. The lowest BCUT2D eigenvalue weighted by Gasteiger charge is -2.14. The predicted molar refractivity (Wildman–Crippen MR) is 123 cm³/mol. The number of amides is 1. The lowest BCUT2D eigenvalue weighted by atomic mass is 10.1. The van der Waals surface area contributed by atoms with Crippen molar-refractivity contribution in [2.45, 2.75) is 33.0 Å². The Morgan fingerprint density at radius 3 is 2.25 bits per heavy atom. The van der Waals surface area contributed by atoms with E-state index in [4.69, 9.17) is 0 Å². The number of pyridine rings is 1. The molecule has 32 heavy (non-hydrogen) atoms. The lowest BCUT2D eigenvalue weighted by molar-refractivity contribution is -0.121. The van der Waals surface area contributed by atoms with Gasteiger partial charge in [0.2, 0.25) is 5.91 Å². The van der Waals surface area contributed by atoms with Crippen LogP contribution >= 0.6 is 0 Å². The van der Waals surface area contributed by atoms with E-state index in [-0.39, 0.29) is 19.0 Å². The Morgan fingerprint density at radius 1 is 0.844 bits per heavy atom. The maximum Gasteiger partial charge on any atom is 0.318 e. The Balaban J connectivity index is 1.60. The molecule has 0 spiro atoms. The molecule has 0 unspecified atom stereocenters. The van der Waals surface area contributed by atoms with Crippen LogP contribution in [0.3, 0.4) is 0 Å². The third-order valence-corrected chi connectivity index (χ3v) is 5.39. The Morgan fingerprint density at radius 2 is 1.53 bits per heavy atom. The second-order valence-corrected chi connectivity index (χ2v) is 7.56. The van der Waals surface area contributed by atoms with Crippen molar-refractivity contribution in [3.05, 3.63) is 110 Å². The molecule has 0 fully saturated rings. The number of benzene rings is 2. The minimum absolute atomic E-state index is 0.225. The Labute approximate surface area is 185 Å². The van der Waals surface area contributed by atoms with Gasteiger partial charge in [0.15, 0.2) is 5.65 Å². The zero-order valence-electron chi connectivity index (χ0n) is 17.8. The molecule has 0 aliphatic heterocycles. The van der Waals surface area contributed by atoms with Crippen molar-refractivity contribution >= 4 is 17.1 Å². The van der Waals surface area contributed by atoms with Crippen LogP contribution in [0.15, 0.2) is 82.5 Å². The predicted octanol–water partition coefficient (Wildman–Crippen LogP) is 2.49. The fourth-order valence-electron chi connectivity index (χ4n) is 3.61. The number of carbonyl (C=O) groups excluding carboxylic acids is 1. The molecule has 1 amide bonds. The number of fused-ring (bicyclic) bond motifs is 1. The van der Waals surface area contributed by atoms with Crippen molar-refractivity contribution in [1.29, 1.82) is 0 Å². The van der Waals surface area contributed by atoms with Crippen molar-refractivity contribution in [2.75, 3.05) is 0 Å². The molecule has 2 aromatic heterocycles. The van der Waals surface area contributed by atoms with E-state index in [2.05, 4.69) is 17.2 Å². The second-order valence-electron chi connectivity index (χ2n) is 7.56. The number of hydrogen-bond donors (Lipinski definition) is 1. The maximum absolute atomic E-state index is 12.9. The lowest BCUT2D eigenvalue weighted by Crippen LogP contribution is -2.44. The van der Waals surface area contributed by atoms with E-state index in [1.807, 2.05) is 54.6 Å². The van der Waals surface area contributed by atoms with Gasteiger partial charge in [-0.05, 0) is 35.2 Å². The minimum atomic E-state index is -0.746. The summed E-state index contributed by atoms with van der Waals surface area (Å²) in [7, 11) is 0. The first-order valence-electron chi connectivity index (χ1n) is 10.5. The normalized spacial score (nSPS) is 10.9. The van der Waals surface area contributed by atoms with Crippen LogP contribution in [0.4, 0.5) is 0 Å². The molecule has 7 heteroatoms. The zero-order valence-corrected chi connectivity index (χ0v) is 17.8. The first-order valence-corrected chi connectivity index (χ1v) is 10.5. The van der Waals surface area contributed by atoms with Crippen molar-refractivity contribution in [3.63, 3.8) is 0 Å². The smallest absolute Gasteiger partial charge is 0.318 e. The first kappa shape index (κ1) is 21.2. The summed E-state index contributed by atoms with van der Waals surface area (Å²) in [5.74, 6) is -0.350. The minimum Gasteiger partial charge on any atom is -0.350 e. The van der Waals surface area contributed by atoms with Crippen LogP contribution in [-0.4, -0.2) is 20.0 Å². The summed E-state index contributed by atoms with van der Waals surface area (Å²) in [6.07, 6.45) is 2.52. The Kier molecular flexibility index (Phi) is 6.26. The van der Waals surface area contributed by atoms with Crippen LogP contribution in [0.25, 0.3) is 11.2 Å². The summed E-state index contributed by atoms with van der Waals surface area (Å²) in [6, 6.07) is 20.8. The van der Waals surface area contributed by atoms with E-state index >= 15 is 0 Å². The van der Waals surface area contributed by atoms with Crippen molar-refractivity contribution in [1.82, 2.24) is 19.4 Å². The van der Waals surface area contributed by atoms with Crippen LogP contribution in [-0.2, 0) is 30.8 Å². The molecule has 0 saturated heterocycles. The molecule has 0 atom stereocenters. The molecular formula is C25H24N4O3. The van der Waals surface area contributed by atoms with E-state index in [0.717, 1.165) is 17.5 Å². The molecule has 0 bridgehead atoms. The number of aromatic nitrogens is 3. The van der Waals surface area contributed by atoms with E-state index in [1.54, 1.807) is 18.3 Å². The number of aryl methyl sites for hydroxylation is 1. The van der Waals surface area contributed by atoms with Gasteiger partial charge in [0.25, 0.3) is 0 Å². The molecule has 1 N–H and O–H groups in total. The maximum atomic E-state index is 12.9. The second kappa shape index (κ2) is 9.43. The van der Waals surface area contributed by atoms with E-state index in [9.17, 15) is 14.4 Å². The van der Waals surface area contributed by atoms with Crippen LogP contribution in [0.2, 0.25) is 0 Å². The topological polar surface area (TPSA) is 86.0 Å². The largest absolute Gasteiger partial charge is 0.350 e. The van der Waals surface area contributed by atoms with E-state index in [1.165, 1.54) is 14.7 Å². The van der Waals surface area contributed by atoms with Crippen LogP contribution < -0.4 is 16.4 Å². The molecule has 4 rings (SSSR count). The molecule has 0 saturated carbocycles. The van der Waals surface area contributed by atoms with Crippen LogP contribution in [0.5, 0.6) is 0 Å². The van der Waals surface area contributed by atoms with Gasteiger partial charge in [-0.25, -0.2) is 4.98 Å². The van der Waals surface area contributed by atoms with Gasteiger partial charge < -0.3 is 5.32 Å². The van der Waals surface area contributed by atoms with Crippen molar-refractivity contribution < 1.29 is 4.79 Å². The monoisotopic (exact) mass is 428 g/mol. The third-order valence-electron chi connectivity index (χ3n) is 5.39. The number of carbonyl (C=O) groups is 1. The van der Waals surface area contributed by atoms with Crippen molar-refractivity contribution in [2.24, 2.45) is 0 Å². The molecule has 4 aromatic rings.